The van der Waals surface area contributed by atoms with Crippen LogP contribution in [0.2, 0.25) is 0 Å². The van der Waals surface area contributed by atoms with Gasteiger partial charge in [-0.1, -0.05) is 6.07 Å². The van der Waals surface area contributed by atoms with E-state index in [0.29, 0.717) is 16.2 Å². The van der Waals surface area contributed by atoms with Gasteiger partial charge in [-0.2, -0.15) is 5.10 Å². The van der Waals surface area contributed by atoms with Crippen LogP contribution in [-0.2, 0) is 11.0 Å². The van der Waals surface area contributed by atoms with Crippen LogP contribution in [0.1, 0.15) is 11.3 Å². The minimum atomic E-state index is -1.67. The van der Waals surface area contributed by atoms with E-state index in [0.717, 1.165) is 10.1 Å². The molecule has 1 atom stereocenters. The lowest BCUT2D eigenvalue weighted by Crippen LogP contribution is -2.16. The van der Waals surface area contributed by atoms with Gasteiger partial charge < -0.3 is 0 Å². The number of hydrogen-bond acceptors (Lipinski definition) is 5. The molecule has 0 spiro atoms. The number of nitro benzene ring substituents is 1. The number of hydrazone groups is 1. The van der Waals surface area contributed by atoms with E-state index in [1.807, 2.05) is 22.7 Å². The lowest BCUT2D eigenvalue weighted by atomic mass is 10.2. The van der Waals surface area contributed by atoms with Crippen LogP contribution in [0.3, 0.4) is 0 Å². The van der Waals surface area contributed by atoms with Crippen LogP contribution in [0.5, 0.6) is 0 Å². The zero-order valence-electron chi connectivity index (χ0n) is 13.9. The second-order valence-corrected chi connectivity index (χ2v) is 7.81. The van der Waals surface area contributed by atoms with Gasteiger partial charge in [0.05, 0.1) is 27.9 Å². The molecule has 1 unspecified atom stereocenters. The Labute approximate surface area is 160 Å². The number of halogens is 1. The maximum absolute atomic E-state index is 12.7. The number of fused-ring (bicyclic) bond motifs is 1. The van der Waals surface area contributed by atoms with Crippen LogP contribution < -0.4 is 0 Å². The number of nitrogens with zero attached hydrogens (tertiary/aromatic N) is 5. The molecule has 0 aliphatic heterocycles. The first-order valence-electron chi connectivity index (χ1n) is 7.44. The van der Waals surface area contributed by atoms with Gasteiger partial charge in [-0.05, 0) is 40.5 Å². The van der Waals surface area contributed by atoms with Crippen molar-refractivity contribution >= 4 is 44.5 Å². The van der Waals surface area contributed by atoms with Crippen LogP contribution in [0.4, 0.5) is 5.69 Å². The molecule has 0 radical (unpaired) electrons. The highest BCUT2D eigenvalue weighted by molar-refractivity contribution is 9.10. The normalized spacial score (nSPS) is 12.6. The minimum Gasteiger partial charge on any atom is -0.298 e. The fourth-order valence-corrected chi connectivity index (χ4v) is 3.60. The number of pyridine rings is 1. The van der Waals surface area contributed by atoms with Crippen LogP contribution in [0.25, 0.3) is 5.65 Å². The first-order chi connectivity index (χ1) is 12.4. The number of hydrogen-bond donors (Lipinski definition) is 0. The van der Waals surface area contributed by atoms with Crippen molar-refractivity contribution in [3.8, 4) is 0 Å². The number of imidazole rings is 1. The van der Waals surface area contributed by atoms with Crippen molar-refractivity contribution in [2.75, 3.05) is 7.05 Å². The van der Waals surface area contributed by atoms with Crippen molar-refractivity contribution in [1.29, 1.82) is 0 Å². The molecule has 1 aromatic carbocycles. The molecule has 0 saturated carbocycles. The molecule has 3 rings (SSSR count). The van der Waals surface area contributed by atoms with Crippen LogP contribution in [0.15, 0.2) is 57.2 Å². The first-order valence-corrected chi connectivity index (χ1v) is 9.34. The minimum absolute atomic E-state index is 0.108. The summed E-state index contributed by atoms with van der Waals surface area (Å²) in [4.78, 5) is 15.0. The van der Waals surface area contributed by atoms with Gasteiger partial charge in [-0.25, -0.2) is 13.6 Å². The zero-order chi connectivity index (χ0) is 18.8. The van der Waals surface area contributed by atoms with E-state index in [-0.39, 0.29) is 5.69 Å². The summed E-state index contributed by atoms with van der Waals surface area (Å²) in [6, 6.07) is 8.01. The van der Waals surface area contributed by atoms with Crippen LogP contribution in [-0.4, -0.2) is 36.2 Å². The Morgan fingerprint density at radius 2 is 2.15 bits per heavy atom. The maximum Gasteiger partial charge on any atom is 0.270 e. The Morgan fingerprint density at radius 1 is 1.38 bits per heavy atom. The van der Waals surface area contributed by atoms with Crippen molar-refractivity contribution < 1.29 is 9.13 Å². The fourth-order valence-electron chi connectivity index (χ4n) is 2.29. The Hall–Kier alpha value is -2.59. The summed E-state index contributed by atoms with van der Waals surface area (Å²) < 4.78 is 16.7. The molecular weight excluding hydrogens is 422 g/mol. The van der Waals surface area contributed by atoms with Gasteiger partial charge in [-0.3, -0.25) is 14.5 Å². The molecule has 8 nitrogen and oxygen atoms in total. The quantitative estimate of drug-likeness (QED) is 0.349. The van der Waals surface area contributed by atoms with E-state index in [1.165, 1.54) is 22.8 Å². The molecular formula is C16H14BrN5O3S. The molecule has 2 heterocycles. The third-order valence-corrected chi connectivity index (χ3v) is 5.52. The average Bonchev–Trinajstić information content (AvgIpc) is 3.01. The van der Waals surface area contributed by atoms with E-state index in [4.69, 9.17) is 0 Å². The molecule has 0 bridgehead atoms. The van der Waals surface area contributed by atoms with Gasteiger partial charge in [0.2, 0.25) is 0 Å². The summed E-state index contributed by atoms with van der Waals surface area (Å²) in [6.07, 6.45) is 5.04. The molecule has 26 heavy (non-hydrogen) atoms. The largest absolute Gasteiger partial charge is 0.298 e. The highest BCUT2D eigenvalue weighted by Crippen LogP contribution is 2.22. The summed E-state index contributed by atoms with van der Waals surface area (Å²) in [5.41, 5.74) is 2.05. The van der Waals surface area contributed by atoms with Gasteiger partial charge in [0.1, 0.15) is 5.65 Å². The van der Waals surface area contributed by atoms with Crippen molar-refractivity contribution in [3.05, 3.63) is 68.6 Å². The third kappa shape index (κ3) is 3.65. The molecule has 2 aromatic heterocycles. The summed E-state index contributed by atoms with van der Waals surface area (Å²) in [5.74, 6) is 0. The Bertz CT molecular complexity index is 1050. The Morgan fingerprint density at radius 3 is 2.88 bits per heavy atom. The molecule has 0 aliphatic carbocycles. The second-order valence-electron chi connectivity index (χ2n) is 5.42. The summed E-state index contributed by atoms with van der Waals surface area (Å²) >= 11 is 3.40. The number of benzene rings is 1. The smallest absolute Gasteiger partial charge is 0.270 e. The molecule has 10 heteroatoms. The lowest BCUT2D eigenvalue weighted by Gasteiger charge is -2.13. The molecule has 0 saturated heterocycles. The molecule has 0 fully saturated rings. The van der Waals surface area contributed by atoms with Crippen molar-refractivity contribution in [3.63, 3.8) is 0 Å². The van der Waals surface area contributed by atoms with E-state index in [2.05, 4.69) is 26.0 Å². The number of non-ortho nitro benzene ring substituents is 1. The molecule has 0 amide bonds. The summed E-state index contributed by atoms with van der Waals surface area (Å²) in [5, 5.41) is 15.1. The predicted octanol–water partition coefficient (Wildman–Crippen LogP) is 3.30. The number of aromatic nitrogens is 2. The van der Waals surface area contributed by atoms with E-state index in [9.17, 15) is 14.3 Å². The molecule has 3 aromatic rings. The molecule has 0 aliphatic rings. The lowest BCUT2D eigenvalue weighted by molar-refractivity contribution is -0.385. The van der Waals surface area contributed by atoms with Crippen molar-refractivity contribution in [2.45, 2.75) is 11.8 Å². The topological polar surface area (TPSA) is 93.1 Å². The average molecular weight is 436 g/mol. The monoisotopic (exact) mass is 435 g/mol. The number of rotatable bonds is 5. The van der Waals surface area contributed by atoms with Crippen LogP contribution >= 0.6 is 15.9 Å². The summed E-state index contributed by atoms with van der Waals surface area (Å²) in [7, 11) is -0.128. The fraction of sp³-hybridized carbons (Fsp3) is 0.125. The Kier molecular flexibility index (Phi) is 5.14. The highest BCUT2D eigenvalue weighted by Gasteiger charge is 2.16. The van der Waals surface area contributed by atoms with Gasteiger partial charge in [0.15, 0.2) is 11.0 Å². The zero-order valence-corrected chi connectivity index (χ0v) is 16.3. The summed E-state index contributed by atoms with van der Waals surface area (Å²) in [6.45, 7) is 1.75. The molecule has 134 valence electrons. The van der Waals surface area contributed by atoms with Gasteiger partial charge in [0.25, 0.3) is 5.69 Å². The van der Waals surface area contributed by atoms with Gasteiger partial charge in [-0.15, -0.1) is 0 Å². The van der Waals surface area contributed by atoms with Crippen LogP contribution in [0, 0.1) is 17.0 Å². The van der Waals surface area contributed by atoms with Gasteiger partial charge >= 0.3 is 0 Å². The molecule has 0 N–H and O–H groups in total. The Balaban J connectivity index is 1.87. The second kappa shape index (κ2) is 7.34. The van der Waals surface area contributed by atoms with Crippen molar-refractivity contribution in [2.24, 2.45) is 5.10 Å². The third-order valence-electron chi connectivity index (χ3n) is 3.66. The van der Waals surface area contributed by atoms with Crippen molar-refractivity contribution in [1.82, 2.24) is 13.8 Å². The SMILES string of the molecule is Cc1ccc([N+](=O)[O-])cc1S(=O)N(C)/N=C/c1cnc2ccc(Br)cn12. The van der Waals surface area contributed by atoms with E-state index >= 15 is 0 Å². The standard InChI is InChI=1S/C16H14BrN5O3S/c1-11-3-5-13(22(23)24)7-15(11)26(25)20(2)19-9-14-8-18-16-6-4-12(17)10-21(14)16/h3-10H,1-2H3/b19-9+. The van der Waals surface area contributed by atoms with E-state index < -0.39 is 15.9 Å². The first kappa shape index (κ1) is 18.2. The van der Waals surface area contributed by atoms with Gasteiger partial charge in [0, 0.05) is 29.8 Å². The maximum atomic E-state index is 12.7. The predicted molar refractivity (Wildman–Crippen MR) is 102 cm³/mol. The number of nitro groups is 1. The highest BCUT2D eigenvalue weighted by atomic mass is 79.9. The van der Waals surface area contributed by atoms with E-state index in [1.54, 1.807) is 26.2 Å². The number of aryl methyl sites for hydroxylation is 1.